The van der Waals surface area contributed by atoms with Gasteiger partial charge < -0.3 is 15.2 Å². The number of rotatable bonds is 5. The molecule has 0 saturated carbocycles. The number of ether oxygens (including phenoxy) is 2. The number of nitrogens with two attached hydrogens (primary N) is 1. The second-order valence-electron chi connectivity index (χ2n) is 4.20. The molecule has 0 aliphatic heterocycles. The highest BCUT2D eigenvalue weighted by molar-refractivity contribution is 5.90. The van der Waals surface area contributed by atoms with Gasteiger partial charge >= 0.3 is 18.1 Å². The summed E-state index contributed by atoms with van der Waals surface area (Å²) in [5, 5.41) is 0. The standard InChI is InChI=1S/C11H16F3NO4/c1-6(2)4-7(15)5-8(9(16)18-3)19-10(17)11(12,13)14/h5-7H,4,15H2,1-3H3/t7-/m0/s1. The van der Waals surface area contributed by atoms with Crippen molar-refractivity contribution in [3.05, 3.63) is 11.8 Å². The summed E-state index contributed by atoms with van der Waals surface area (Å²) in [5.74, 6) is -4.40. The number of carbonyl (C=O) groups excluding carboxylic acids is 2. The zero-order valence-corrected chi connectivity index (χ0v) is 10.8. The van der Waals surface area contributed by atoms with Crippen LogP contribution in [0, 0.1) is 5.92 Å². The van der Waals surface area contributed by atoms with Crippen molar-refractivity contribution in [1.29, 1.82) is 0 Å². The van der Waals surface area contributed by atoms with E-state index in [9.17, 15) is 22.8 Å². The molecule has 0 amide bonds. The maximum absolute atomic E-state index is 12.0. The predicted molar refractivity (Wildman–Crippen MR) is 59.7 cm³/mol. The Morgan fingerprint density at radius 2 is 1.84 bits per heavy atom. The lowest BCUT2D eigenvalue weighted by Gasteiger charge is -2.13. The van der Waals surface area contributed by atoms with Gasteiger partial charge in [-0.2, -0.15) is 13.2 Å². The minimum atomic E-state index is -5.20. The quantitative estimate of drug-likeness (QED) is 0.470. The first kappa shape index (κ1) is 17.4. The third-order valence-electron chi connectivity index (χ3n) is 1.93. The van der Waals surface area contributed by atoms with Crippen LogP contribution in [0.25, 0.3) is 0 Å². The molecule has 110 valence electrons. The minimum Gasteiger partial charge on any atom is -0.463 e. The van der Waals surface area contributed by atoms with E-state index in [1.165, 1.54) is 0 Å². The molecule has 0 rings (SSSR count). The summed E-state index contributed by atoms with van der Waals surface area (Å²) >= 11 is 0. The van der Waals surface area contributed by atoms with Crippen LogP contribution in [0.15, 0.2) is 11.8 Å². The third kappa shape index (κ3) is 6.80. The Balaban J connectivity index is 4.97. The Kier molecular flexibility index (Phi) is 6.54. The molecule has 5 nitrogen and oxygen atoms in total. The van der Waals surface area contributed by atoms with E-state index in [0.717, 1.165) is 13.2 Å². The molecular weight excluding hydrogens is 267 g/mol. The molecule has 19 heavy (non-hydrogen) atoms. The lowest BCUT2D eigenvalue weighted by molar-refractivity contribution is -0.196. The fourth-order valence-corrected chi connectivity index (χ4v) is 1.21. The van der Waals surface area contributed by atoms with Crippen molar-refractivity contribution in [3.63, 3.8) is 0 Å². The van der Waals surface area contributed by atoms with Crippen LogP contribution in [-0.4, -0.2) is 31.3 Å². The number of carbonyl (C=O) groups is 2. The highest BCUT2D eigenvalue weighted by Gasteiger charge is 2.42. The maximum atomic E-state index is 12.0. The molecule has 0 heterocycles. The number of hydrogen-bond donors (Lipinski definition) is 1. The van der Waals surface area contributed by atoms with Gasteiger partial charge in [-0.3, -0.25) is 0 Å². The van der Waals surface area contributed by atoms with Crippen LogP contribution >= 0.6 is 0 Å². The molecule has 0 aliphatic carbocycles. The van der Waals surface area contributed by atoms with Crippen LogP contribution in [0.1, 0.15) is 20.3 Å². The van der Waals surface area contributed by atoms with Crippen LogP contribution in [0.2, 0.25) is 0 Å². The first-order valence-electron chi connectivity index (χ1n) is 5.42. The molecule has 2 N–H and O–H groups in total. The fraction of sp³-hybridized carbons (Fsp3) is 0.636. The largest absolute Gasteiger partial charge is 0.491 e. The molecule has 0 fully saturated rings. The van der Waals surface area contributed by atoms with Crippen molar-refractivity contribution in [2.45, 2.75) is 32.5 Å². The molecule has 0 bridgehead atoms. The maximum Gasteiger partial charge on any atom is 0.491 e. The van der Waals surface area contributed by atoms with Crippen LogP contribution in [0.4, 0.5) is 13.2 Å². The summed E-state index contributed by atoms with van der Waals surface area (Å²) in [6, 6.07) is -0.727. The summed E-state index contributed by atoms with van der Waals surface area (Å²) in [7, 11) is 0.950. The topological polar surface area (TPSA) is 78.6 Å². The molecule has 0 saturated heterocycles. The van der Waals surface area contributed by atoms with E-state index in [2.05, 4.69) is 9.47 Å². The van der Waals surface area contributed by atoms with Gasteiger partial charge in [0.2, 0.25) is 5.76 Å². The van der Waals surface area contributed by atoms with Gasteiger partial charge in [0.25, 0.3) is 0 Å². The summed E-state index contributed by atoms with van der Waals surface area (Å²) in [5.41, 5.74) is 5.60. The number of methoxy groups -OCH3 is 1. The molecule has 0 spiro atoms. The number of halogens is 3. The van der Waals surface area contributed by atoms with Crippen molar-refractivity contribution in [2.75, 3.05) is 7.11 Å². The highest BCUT2D eigenvalue weighted by Crippen LogP contribution is 2.19. The average molecular weight is 283 g/mol. The van der Waals surface area contributed by atoms with Crippen molar-refractivity contribution < 1.29 is 32.2 Å². The Morgan fingerprint density at radius 3 is 2.21 bits per heavy atom. The summed E-state index contributed by atoms with van der Waals surface area (Å²) in [4.78, 5) is 21.9. The molecule has 0 radical (unpaired) electrons. The lowest BCUT2D eigenvalue weighted by atomic mass is 10.0. The molecule has 0 unspecified atom stereocenters. The zero-order valence-electron chi connectivity index (χ0n) is 10.8. The Hall–Kier alpha value is -1.57. The first-order chi connectivity index (χ1) is 8.57. The summed E-state index contributed by atoms with van der Waals surface area (Å²) in [6.45, 7) is 3.68. The van der Waals surface area contributed by atoms with Gasteiger partial charge in [-0.1, -0.05) is 13.8 Å². The third-order valence-corrected chi connectivity index (χ3v) is 1.93. The Morgan fingerprint density at radius 1 is 1.32 bits per heavy atom. The number of alkyl halides is 3. The smallest absolute Gasteiger partial charge is 0.463 e. The monoisotopic (exact) mass is 283 g/mol. The number of hydrogen-bond acceptors (Lipinski definition) is 5. The zero-order chi connectivity index (χ0) is 15.2. The Bertz CT molecular complexity index is 363. The molecule has 0 aromatic carbocycles. The van der Waals surface area contributed by atoms with Crippen molar-refractivity contribution in [1.82, 2.24) is 0 Å². The van der Waals surface area contributed by atoms with Gasteiger partial charge in [-0.15, -0.1) is 0 Å². The summed E-state index contributed by atoms with van der Waals surface area (Å²) in [6.07, 6.45) is -3.85. The van der Waals surface area contributed by atoms with Crippen LogP contribution in [-0.2, 0) is 19.1 Å². The van der Waals surface area contributed by atoms with Crippen LogP contribution in [0.5, 0.6) is 0 Å². The normalized spacial score (nSPS) is 14.2. The Labute approximate surface area is 108 Å². The van der Waals surface area contributed by atoms with Gasteiger partial charge in [0.1, 0.15) is 0 Å². The minimum absolute atomic E-state index is 0.156. The van der Waals surface area contributed by atoms with E-state index in [4.69, 9.17) is 5.73 Å². The SMILES string of the molecule is COC(=O)C(=C[C@@H](N)CC(C)C)OC(=O)C(F)(F)F. The molecule has 0 aromatic heterocycles. The molecule has 0 aromatic rings. The van der Waals surface area contributed by atoms with Gasteiger partial charge in [0.15, 0.2) is 0 Å². The molecule has 8 heteroatoms. The van der Waals surface area contributed by atoms with E-state index in [0.29, 0.717) is 6.42 Å². The lowest BCUT2D eigenvalue weighted by Crippen LogP contribution is -2.29. The van der Waals surface area contributed by atoms with Crippen LogP contribution < -0.4 is 5.73 Å². The van der Waals surface area contributed by atoms with E-state index in [1.54, 1.807) is 0 Å². The average Bonchev–Trinajstić information content (AvgIpc) is 2.24. The molecule has 0 aliphatic rings. The predicted octanol–water partition coefficient (Wildman–Crippen LogP) is 1.52. The summed E-state index contributed by atoms with van der Waals surface area (Å²) < 4.78 is 44.3. The van der Waals surface area contributed by atoms with Crippen molar-refractivity contribution in [3.8, 4) is 0 Å². The van der Waals surface area contributed by atoms with Crippen LogP contribution in [0.3, 0.4) is 0 Å². The van der Waals surface area contributed by atoms with Crippen molar-refractivity contribution in [2.24, 2.45) is 11.7 Å². The molecule has 1 atom stereocenters. The second kappa shape index (κ2) is 7.13. The van der Waals surface area contributed by atoms with Gasteiger partial charge in [-0.25, -0.2) is 9.59 Å². The highest BCUT2D eigenvalue weighted by atomic mass is 19.4. The van der Waals surface area contributed by atoms with E-state index < -0.39 is 29.9 Å². The fourth-order valence-electron chi connectivity index (χ4n) is 1.21. The second-order valence-corrected chi connectivity index (χ2v) is 4.20. The van der Waals surface area contributed by atoms with Crippen molar-refractivity contribution >= 4 is 11.9 Å². The van der Waals surface area contributed by atoms with E-state index in [1.807, 2.05) is 13.8 Å². The number of esters is 2. The van der Waals surface area contributed by atoms with Gasteiger partial charge in [0, 0.05) is 6.04 Å². The van der Waals surface area contributed by atoms with E-state index >= 15 is 0 Å². The first-order valence-corrected chi connectivity index (χ1v) is 5.42. The van der Waals surface area contributed by atoms with E-state index in [-0.39, 0.29) is 5.92 Å². The molecular formula is C11H16F3NO4. The van der Waals surface area contributed by atoms with Gasteiger partial charge in [0.05, 0.1) is 7.11 Å². The van der Waals surface area contributed by atoms with Gasteiger partial charge in [-0.05, 0) is 18.4 Å².